The topological polar surface area (TPSA) is 113 Å². The van der Waals surface area contributed by atoms with Crippen LogP contribution in [0.25, 0.3) is 0 Å². The third-order valence-corrected chi connectivity index (χ3v) is 5.06. The highest BCUT2D eigenvalue weighted by molar-refractivity contribution is 5.81. The van der Waals surface area contributed by atoms with Crippen molar-refractivity contribution in [3.05, 3.63) is 27.4 Å². The summed E-state index contributed by atoms with van der Waals surface area (Å²) in [6.45, 7) is 4.56. The van der Waals surface area contributed by atoms with Crippen LogP contribution < -0.4 is 5.56 Å². The van der Waals surface area contributed by atoms with Crippen molar-refractivity contribution in [3.8, 4) is 0 Å². The van der Waals surface area contributed by atoms with Crippen LogP contribution in [0.15, 0.2) is 4.79 Å². The highest BCUT2D eigenvalue weighted by Gasteiger charge is 2.43. The monoisotopic (exact) mass is 365 g/mol. The van der Waals surface area contributed by atoms with Gasteiger partial charge < -0.3 is 19.7 Å². The van der Waals surface area contributed by atoms with Crippen LogP contribution in [-0.2, 0) is 20.7 Å². The molecule has 144 valence electrons. The molecule has 0 aromatic carbocycles. The van der Waals surface area contributed by atoms with E-state index in [4.69, 9.17) is 4.74 Å². The summed E-state index contributed by atoms with van der Waals surface area (Å²) in [5.74, 6) is -0.608. The Morgan fingerprint density at radius 1 is 1.38 bits per heavy atom. The SMILES string of the molecule is COCCC[C@]1(C(=O)O)CCCN(C(=O)Cc2c(C)nc(C)[nH]c2=O)C1. The molecule has 1 atom stereocenters. The van der Waals surface area contributed by atoms with Gasteiger partial charge in [-0.15, -0.1) is 0 Å². The summed E-state index contributed by atoms with van der Waals surface area (Å²) in [7, 11) is 1.58. The van der Waals surface area contributed by atoms with Gasteiger partial charge in [0.2, 0.25) is 5.91 Å². The fourth-order valence-corrected chi connectivity index (χ4v) is 3.61. The lowest BCUT2D eigenvalue weighted by atomic mass is 9.76. The quantitative estimate of drug-likeness (QED) is 0.699. The smallest absolute Gasteiger partial charge is 0.311 e. The first kappa shape index (κ1) is 20.1. The summed E-state index contributed by atoms with van der Waals surface area (Å²) in [6.07, 6.45) is 2.20. The molecule has 8 heteroatoms. The second-order valence-electron chi connectivity index (χ2n) is 6.99. The summed E-state index contributed by atoms with van der Waals surface area (Å²) < 4.78 is 5.03. The number of aromatic nitrogens is 2. The highest BCUT2D eigenvalue weighted by Crippen LogP contribution is 2.35. The molecule has 1 aliphatic rings. The predicted molar refractivity (Wildman–Crippen MR) is 95.0 cm³/mol. The molecule has 2 rings (SSSR count). The van der Waals surface area contributed by atoms with Crippen LogP contribution in [0, 0.1) is 19.3 Å². The van der Waals surface area contributed by atoms with Crippen LogP contribution in [0.1, 0.15) is 42.8 Å². The third kappa shape index (κ3) is 4.49. The van der Waals surface area contributed by atoms with Gasteiger partial charge in [0.05, 0.1) is 11.8 Å². The minimum atomic E-state index is -0.945. The number of carboxylic acid groups (broad SMARTS) is 1. The highest BCUT2D eigenvalue weighted by atomic mass is 16.5. The van der Waals surface area contributed by atoms with Crippen molar-refractivity contribution in [2.75, 3.05) is 26.8 Å². The number of rotatable bonds is 7. The lowest BCUT2D eigenvalue weighted by Crippen LogP contribution is -2.50. The molecule has 1 aliphatic heterocycles. The molecular weight excluding hydrogens is 338 g/mol. The Morgan fingerprint density at radius 2 is 2.12 bits per heavy atom. The molecule has 0 unspecified atom stereocenters. The molecule has 1 saturated heterocycles. The Labute approximate surface area is 152 Å². The van der Waals surface area contributed by atoms with E-state index in [0.717, 1.165) is 0 Å². The van der Waals surface area contributed by atoms with Gasteiger partial charge in [-0.25, -0.2) is 4.98 Å². The Bertz CT molecular complexity index is 730. The third-order valence-electron chi connectivity index (χ3n) is 5.06. The van der Waals surface area contributed by atoms with Crippen molar-refractivity contribution < 1.29 is 19.4 Å². The molecule has 0 aliphatic carbocycles. The van der Waals surface area contributed by atoms with Crippen LogP contribution in [-0.4, -0.2) is 58.7 Å². The van der Waals surface area contributed by atoms with Gasteiger partial charge in [-0.2, -0.15) is 0 Å². The van der Waals surface area contributed by atoms with Crippen LogP contribution in [0.2, 0.25) is 0 Å². The molecule has 1 fully saturated rings. The molecule has 1 amide bonds. The van der Waals surface area contributed by atoms with E-state index in [0.29, 0.717) is 55.9 Å². The zero-order valence-corrected chi connectivity index (χ0v) is 15.6. The zero-order chi connectivity index (χ0) is 19.3. The summed E-state index contributed by atoms with van der Waals surface area (Å²) in [5.41, 5.74) is -0.392. The van der Waals surface area contributed by atoms with E-state index in [1.165, 1.54) is 0 Å². The molecule has 26 heavy (non-hydrogen) atoms. The minimum absolute atomic E-state index is 0.0672. The maximum absolute atomic E-state index is 12.7. The standard InChI is InChI=1S/C18H27N3O5/c1-12-14(16(23)20-13(2)19-12)10-15(22)21-8-4-6-18(11-21,17(24)25)7-5-9-26-3/h4-11H2,1-3H3,(H,24,25)(H,19,20,23)/t18-/m1/s1. The molecule has 0 spiro atoms. The van der Waals surface area contributed by atoms with Crippen LogP contribution in [0.3, 0.4) is 0 Å². The van der Waals surface area contributed by atoms with E-state index in [2.05, 4.69) is 9.97 Å². The number of likely N-dealkylation sites (tertiary alicyclic amines) is 1. The number of hydrogen-bond acceptors (Lipinski definition) is 5. The lowest BCUT2D eigenvalue weighted by Gasteiger charge is -2.40. The molecule has 1 aromatic rings. The number of carbonyl (C=O) groups excluding carboxylic acids is 1. The molecular formula is C18H27N3O5. The van der Waals surface area contributed by atoms with Gasteiger partial charge in [0, 0.05) is 38.1 Å². The number of aromatic amines is 1. The second kappa shape index (κ2) is 8.44. The second-order valence-corrected chi connectivity index (χ2v) is 6.99. The Balaban J connectivity index is 2.14. The van der Waals surface area contributed by atoms with E-state index >= 15 is 0 Å². The molecule has 0 saturated carbocycles. The zero-order valence-electron chi connectivity index (χ0n) is 15.6. The molecule has 1 aromatic heterocycles. The number of hydrogen-bond donors (Lipinski definition) is 2. The molecule has 8 nitrogen and oxygen atoms in total. The Hall–Kier alpha value is -2.22. The van der Waals surface area contributed by atoms with Gasteiger partial charge in [0.1, 0.15) is 5.82 Å². The number of methoxy groups -OCH3 is 1. The average Bonchev–Trinajstić information content (AvgIpc) is 2.58. The average molecular weight is 365 g/mol. The number of carboxylic acids is 1. The van der Waals surface area contributed by atoms with E-state index in [1.54, 1.807) is 25.9 Å². The minimum Gasteiger partial charge on any atom is -0.481 e. The fraction of sp³-hybridized carbons (Fsp3) is 0.667. The van der Waals surface area contributed by atoms with Crippen molar-refractivity contribution in [2.45, 2.75) is 46.0 Å². The number of nitrogens with zero attached hydrogens (tertiary/aromatic N) is 2. The summed E-state index contributed by atoms with van der Waals surface area (Å²) in [4.78, 5) is 45.1. The first-order valence-electron chi connectivity index (χ1n) is 8.85. The van der Waals surface area contributed by atoms with Crippen molar-refractivity contribution in [3.63, 3.8) is 0 Å². The molecule has 0 bridgehead atoms. The van der Waals surface area contributed by atoms with Crippen LogP contribution in [0.4, 0.5) is 0 Å². The maximum Gasteiger partial charge on any atom is 0.311 e. The summed E-state index contributed by atoms with van der Waals surface area (Å²) >= 11 is 0. The lowest BCUT2D eigenvalue weighted by molar-refractivity contribution is -0.155. The molecule has 2 N–H and O–H groups in total. The molecule has 2 heterocycles. The van der Waals surface area contributed by atoms with Crippen molar-refractivity contribution >= 4 is 11.9 Å². The Kier molecular flexibility index (Phi) is 6.52. The van der Waals surface area contributed by atoms with E-state index in [-0.39, 0.29) is 24.4 Å². The first-order chi connectivity index (χ1) is 12.3. The van der Waals surface area contributed by atoms with Gasteiger partial charge in [-0.05, 0) is 39.5 Å². The number of carbonyl (C=O) groups is 2. The summed E-state index contributed by atoms with van der Waals surface area (Å²) in [5, 5.41) is 9.75. The predicted octanol–water partition coefficient (Wildman–Crippen LogP) is 1.05. The molecule has 0 radical (unpaired) electrons. The van der Waals surface area contributed by atoms with Crippen LogP contribution in [0.5, 0.6) is 0 Å². The first-order valence-corrected chi connectivity index (χ1v) is 8.85. The van der Waals surface area contributed by atoms with Gasteiger partial charge in [0.25, 0.3) is 5.56 Å². The van der Waals surface area contributed by atoms with Crippen molar-refractivity contribution in [1.82, 2.24) is 14.9 Å². The summed E-state index contributed by atoms with van der Waals surface area (Å²) in [6, 6.07) is 0. The number of aliphatic carboxylic acids is 1. The van der Waals surface area contributed by atoms with Crippen LogP contribution >= 0.6 is 0 Å². The van der Waals surface area contributed by atoms with E-state index < -0.39 is 11.4 Å². The van der Waals surface area contributed by atoms with Crippen molar-refractivity contribution in [2.24, 2.45) is 5.41 Å². The van der Waals surface area contributed by atoms with Crippen molar-refractivity contribution in [1.29, 1.82) is 0 Å². The normalized spacial score (nSPS) is 20.2. The van der Waals surface area contributed by atoms with E-state index in [1.807, 2.05) is 0 Å². The fourth-order valence-electron chi connectivity index (χ4n) is 3.61. The number of aryl methyl sites for hydroxylation is 2. The largest absolute Gasteiger partial charge is 0.481 e. The maximum atomic E-state index is 12.7. The number of nitrogens with one attached hydrogen (secondary N) is 1. The number of ether oxygens (including phenoxy) is 1. The Morgan fingerprint density at radius 3 is 2.73 bits per heavy atom. The number of piperidine rings is 1. The van der Waals surface area contributed by atoms with Gasteiger partial charge in [-0.3, -0.25) is 14.4 Å². The van der Waals surface area contributed by atoms with Gasteiger partial charge in [-0.1, -0.05) is 0 Å². The number of H-pyrrole nitrogens is 1. The van der Waals surface area contributed by atoms with E-state index in [9.17, 15) is 19.5 Å². The van der Waals surface area contributed by atoms with Gasteiger partial charge >= 0.3 is 5.97 Å². The number of amides is 1. The van der Waals surface area contributed by atoms with Gasteiger partial charge in [0.15, 0.2) is 0 Å².